The number of thiophene rings is 2. The number of hydrogen-bond donors (Lipinski definition) is 0. The molecule has 0 fully saturated rings. The number of hydrogen-bond acceptors (Lipinski definition) is 2. The van der Waals surface area contributed by atoms with Gasteiger partial charge in [0.1, 0.15) is 0 Å². The number of fused-ring (bicyclic) bond motifs is 2. The van der Waals surface area contributed by atoms with Crippen molar-refractivity contribution in [1.29, 1.82) is 0 Å². The minimum atomic E-state index is 1.30. The lowest BCUT2D eigenvalue weighted by atomic mass is 9.99. The molecule has 2 aromatic heterocycles. The first-order chi connectivity index (χ1) is 12.7. The lowest BCUT2D eigenvalue weighted by molar-refractivity contribution is 1.55. The molecular weight excluding hydrogens is 352 g/mol. The van der Waals surface area contributed by atoms with Crippen LogP contribution < -0.4 is 0 Å². The van der Waals surface area contributed by atoms with E-state index in [0.717, 1.165) is 0 Å². The average molecular weight is 371 g/mol. The smallest absolute Gasteiger partial charge is 0.0345 e. The maximum absolute atomic E-state index is 2.32. The highest BCUT2D eigenvalue weighted by Crippen LogP contribution is 2.34. The van der Waals surface area contributed by atoms with Crippen molar-refractivity contribution < 1.29 is 0 Å². The van der Waals surface area contributed by atoms with Crippen molar-refractivity contribution >= 4 is 44.2 Å². The highest BCUT2D eigenvalue weighted by Gasteiger charge is 2.06. The van der Waals surface area contributed by atoms with Crippen LogP contribution in [-0.2, 0) is 0 Å². The van der Waals surface area contributed by atoms with Gasteiger partial charge in [-0.25, -0.2) is 0 Å². The van der Waals surface area contributed by atoms with Crippen LogP contribution in [0.2, 0.25) is 0 Å². The molecule has 3 aromatic carbocycles. The van der Waals surface area contributed by atoms with Gasteiger partial charge in [-0.15, -0.1) is 22.7 Å². The third kappa shape index (κ3) is 2.76. The Hall–Kier alpha value is -2.42. The second kappa shape index (κ2) is 6.08. The third-order valence-corrected chi connectivity index (χ3v) is 7.02. The van der Waals surface area contributed by atoms with Gasteiger partial charge in [-0.3, -0.25) is 0 Å². The van der Waals surface area contributed by atoms with Crippen molar-refractivity contribution in [2.75, 3.05) is 0 Å². The molecule has 0 N–H and O–H groups in total. The minimum Gasteiger partial charge on any atom is -0.144 e. The van der Waals surface area contributed by atoms with Crippen LogP contribution in [0.15, 0.2) is 71.4 Å². The van der Waals surface area contributed by atoms with Crippen molar-refractivity contribution in [2.45, 2.75) is 13.8 Å². The van der Waals surface area contributed by atoms with E-state index in [1.54, 1.807) is 0 Å². The topological polar surface area (TPSA) is 0 Å². The van der Waals surface area contributed by atoms with Crippen LogP contribution in [0.4, 0.5) is 0 Å². The molecule has 0 atom stereocenters. The fourth-order valence-electron chi connectivity index (χ4n) is 3.47. The van der Waals surface area contributed by atoms with E-state index in [0.29, 0.717) is 0 Å². The first-order valence-electron chi connectivity index (χ1n) is 8.74. The summed E-state index contributed by atoms with van der Waals surface area (Å²) in [5.74, 6) is 0. The van der Waals surface area contributed by atoms with Crippen molar-refractivity contribution in [1.82, 2.24) is 0 Å². The summed E-state index contributed by atoms with van der Waals surface area (Å²) in [6, 6.07) is 22.8. The van der Waals surface area contributed by atoms with Gasteiger partial charge >= 0.3 is 0 Å². The molecule has 0 unspecified atom stereocenters. The summed E-state index contributed by atoms with van der Waals surface area (Å²) in [6.45, 7) is 4.31. The largest absolute Gasteiger partial charge is 0.144 e. The summed E-state index contributed by atoms with van der Waals surface area (Å²) >= 11 is 3.64. The van der Waals surface area contributed by atoms with E-state index < -0.39 is 0 Å². The molecule has 0 aliphatic rings. The summed E-state index contributed by atoms with van der Waals surface area (Å²) < 4.78 is 0. The Bertz CT molecular complexity index is 1150. The van der Waals surface area contributed by atoms with Crippen molar-refractivity contribution in [2.24, 2.45) is 0 Å². The summed E-state index contributed by atoms with van der Waals surface area (Å²) in [5.41, 5.74) is 5.28. The first kappa shape index (κ1) is 15.8. The average Bonchev–Trinajstić information content (AvgIpc) is 3.27. The van der Waals surface area contributed by atoms with Gasteiger partial charge in [-0.2, -0.15) is 0 Å². The Balaban J connectivity index is 1.64. The Morgan fingerprint density at radius 3 is 1.35 bits per heavy atom. The van der Waals surface area contributed by atoms with E-state index in [4.69, 9.17) is 0 Å². The molecule has 26 heavy (non-hydrogen) atoms. The zero-order valence-electron chi connectivity index (χ0n) is 14.7. The first-order valence-corrected chi connectivity index (χ1v) is 10.5. The molecule has 2 heteroatoms. The fourth-order valence-corrected chi connectivity index (χ4v) is 5.27. The molecule has 0 saturated carbocycles. The Morgan fingerprint density at radius 2 is 0.962 bits per heavy atom. The van der Waals surface area contributed by atoms with Gasteiger partial charge < -0.3 is 0 Å². The van der Waals surface area contributed by atoms with Crippen LogP contribution in [-0.4, -0.2) is 0 Å². The minimum absolute atomic E-state index is 1.30. The summed E-state index contributed by atoms with van der Waals surface area (Å²) in [6.07, 6.45) is 0. The maximum atomic E-state index is 2.32. The number of rotatable bonds is 2. The molecule has 0 radical (unpaired) electrons. The van der Waals surface area contributed by atoms with E-state index >= 15 is 0 Å². The fraction of sp³-hybridized carbons (Fsp3) is 0.0833. The molecular formula is C24H18S2. The van der Waals surface area contributed by atoms with Crippen LogP contribution >= 0.6 is 22.7 Å². The lowest BCUT2D eigenvalue weighted by Gasteiger charge is -2.07. The third-order valence-electron chi connectivity index (χ3n) is 4.83. The van der Waals surface area contributed by atoms with Gasteiger partial charge in [-0.1, -0.05) is 24.3 Å². The molecule has 0 saturated heterocycles. The predicted molar refractivity (Wildman–Crippen MR) is 118 cm³/mol. The highest BCUT2D eigenvalue weighted by molar-refractivity contribution is 7.14. The van der Waals surface area contributed by atoms with E-state index in [9.17, 15) is 0 Å². The summed E-state index contributed by atoms with van der Waals surface area (Å²) in [4.78, 5) is 2.68. The van der Waals surface area contributed by atoms with Gasteiger partial charge in [0.15, 0.2) is 0 Å². The Labute approximate surface area is 161 Å². The lowest BCUT2D eigenvalue weighted by Crippen LogP contribution is -1.80. The van der Waals surface area contributed by atoms with Gasteiger partial charge in [-0.05, 0) is 105 Å². The highest BCUT2D eigenvalue weighted by atomic mass is 32.1. The Kier molecular flexibility index (Phi) is 3.70. The monoisotopic (exact) mass is 370 g/mol. The van der Waals surface area contributed by atoms with Crippen molar-refractivity contribution in [3.05, 3.63) is 82.6 Å². The molecule has 0 aliphatic carbocycles. The second-order valence-electron chi connectivity index (χ2n) is 6.95. The van der Waals surface area contributed by atoms with Crippen LogP contribution in [0.1, 0.15) is 11.1 Å². The SMILES string of the molecule is Cc1csc(-c2ccc3cc4cc(-c5cc(C)cs5)ccc4cc3c2)c1. The molecule has 0 amide bonds. The van der Waals surface area contributed by atoms with Gasteiger partial charge in [0.2, 0.25) is 0 Å². The molecule has 2 heterocycles. The van der Waals surface area contributed by atoms with Crippen molar-refractivity contribution in [3.8, 4) is 20.9 Å². The Morgan fingerprint density at radius 1 is 0.500 bits per heavy atom. The van der Waals surface area contributed by atoms with Crippen LogP contribution in [0.5, 0.6) is 0 Å². The molecule has 5 aromatic rings. The zero-order valence-corrected chi connectivity index (χ0v) is 16.4. The van der Waals surface area contributed by atoms with Gasteiger partial charge in [0.25, 0.3) is 0 Å². The van der Waals surface area contributed by atoms with Crippen LogP contribution in [0.3, 0.4) is 0 Å². The molecule has 5 rings (SSSR count). The van der Waals surface area contributed by atoms with E-state index in [-0.39, 0.29) is 0 Å². The standard InChI is InChI=1S/C24H18S2/c1-15-7-23(25-13-15)19-5-3-17-10-22-12-20(24-8-16(2)14-26-24)6-4-18(22)9-21(17)11-19/h3-14H,1-2H3. The van der Waals surface area contributed by atoms with E-state index in [2.05, 4.69) is 85.3 Å². The normalized spacial score (nSPS) is 11.5. The van der Waals surface area contributed by atoms with Gasteiger partial charge in [0, 0.05) is 9.75 Å². The van der Waals surface area contributed by atoms with Crippen LogP contribution in [0, 0.1) is 13.8 Å². The molecule has 126 valence electrons. The summed E-state index contributed by atoms with van der Waals surface area (Å²) in [5, 5.41) is 9.64. The van der Waals surface area contributed by atoms with Crippen LogP contribution in [0.25, 0.3) is 42.4 Å². The van der Waals surface area contributed by atoms with Crippen molar-refractivity contribution in [3.63, 3.8) is 0 Å². The zero-order chi connectivity index (χ0) is 17.7. The quantitative estimate of drug-likeness (QED) is 0.276. The summed E-state index contributed by atoms with van der Waals surface area (Å²) in [7, 11) is 0. The molecule has 0 nitrogen and oxygen atoms in total. The van der Waals surface area contributed by atoms with E-state index in [1.807, 2.05) is 22.7 Å². The number of benzene rings is 3. The second-order valence-corrected chi connectivity index (χ2v) is 8.78. The molecule has 0 aliphatic heterocycles. The predicted octanol–water partition coefficient (Wildman–Crippen LogP) is 8.07. The molecule has 0 spiro atoms. The molecule has 0 bridgehead atoms. The number of aryl methyl sites for hydroxylation is 2. The van der Waals surface area contributed by atoms with Gasteiger partial charge in [0.05, 0.1) is 0 Å². The maximum Gasteiger partial charge on any atom is 0.0345 e. The van der Waals surface area contributed by atoms with E-state index in [1.165, 1.54) is 53.6 Å².